The number of aromatic nitrogens is 1. The first-order valence-electron chi connectivity index (χ1n) is 8.44. The van der Waals surface area contributed by atoms with Crippen molar-refractivity contribution >= 4 is 5.91 Å². The maximum absolute atomic E-state index is 12.5. The van der Waals surface area contributed by atoms with Gasteiger partial charge in [0.1, 0.15) is 0 Å². The van der Waals surface area contributed by atoms with Crippen LogP contribution in [-0.4, -0.2) is 30.7 Å². The molecule has 0 atom stereocenters. The third-order valence-electron chi connectivity index (χ3n) is 3.33. The molecule has 25 heavy (non-hydrogen) atoms. The lowest BCUT2D eigenvalue weighted by Crippen LogP contribution is -2.23. The molecule has 6 heteroatoms. The lowest BCUT2D eigenvalue weighted by Gasteiger charge is -2.17. The van der Waals surface area contributed by atoms with Crippen LogP contribution in [0.5, 0.6) is 17.2 Å². The van der Waals surface area contributed by atoms with Gasteiger partial charge in [0.05, 0.1) is 32.1 Å². The van der Waals surface area contributed by atoms with E-state index >= 15 is 0 Å². The first-order chi connectivity index (χ1) is 12.2. The second-order valence-electron chi connectivity index (χ2n) is 5.10. The molecule has 1 aromatic carbocycles. The molecule has 0 radical (unpaired) electrons. The number of ether oxygens (including phenoxy) is 3. The van der Waals surface area contributed by atoms with Gasteiger partial charge in [0.25, 0.3) is 5.91 Å². The lowest BCUT2D eigenvalue weighted by molar-refractivity contribution is 0.0949. The zero-order valence-corrected chi connectivity index (χ0v) is 14.9. The standard InChI is InChI=1S/C19H24N2O4/c1-4-23-16-11-14(12-17(24-5-2)18(16)25-6-3)19(22)21-13-15-9-7-8-10-20-15/h7-12H,4-6,13H2,1-3H3,(H,21,22). The van der Waals surface area contributed by atoms with Gasteiger partial charge in [-0.3, -0.25) is 9.78 Å². The minimum Gasteiger partial charge on any atom is -0.490 e. The number of amides is 1. The summed E-state index contributed by atoms with van der Waals surface area (Å²) in [5.74, 6) is 1.29. The predicted octanol–water partition coefficient (Wildman–Crippen LogP) is 3.21. The monoisotopic (exact) mass is 344 g/mol. The van der Waals surface area contributed by atoms with E-state index in [1.54, 1.807) is 18.3 Å². The number of nitrogens with one attached hydrogen (secondary N) is 1. The minimum atomic E-state index is -0.226. The molecule has 1 N–H and O–H groups in total. The fraction of sp³-hybridized carbons (Fsp3) is 0.368. The zero-order valence-electron chi connectivity index (χ0n) is 14.9. The molecule has 1 amide bonds. The topological polar surface area (TPSA) is 69.7 Å². The van der Waals surface area contributed by atoms with Crippen LogP contribution >= 0.6 is 0 Å². The fourth-order valence-corrected chi connectivity index (χ4v) is 2.30. The van der Waals surface area contributed by atoms with Crippen molar-refractivity contribution in [3.05, 3.63) is 47.8 Å². The number of rotatable bonds is 9. The van der Waals surface area contributed by atoms with Crippen LogP contribution in [0.25, 0.3) is 0 Å². The Balaban J connectivity index is 2.24. The molecule has 0 unspecified atom stereocenters. The van der Waals surface area contributed by atoms with Crippen molar-refractivity contribution in [2.45, 2.75) is 27.3 Å². The molecule has 1 aromatic heterocycles. The Morgan fingerprint density at radius 1 is 1.00 bits per heavy atom. The summed E-state index contributed by atoms with van der Waals surface area (Å²) in [5, 5.41) is 2.85. The molecule has 0 aliphatic heterocycles. The van der Waals surface area contributed by atoms with Gasteiger partial charge >= 0.3 is 0 Å². The van der Waals surface area contributed by atoms with Gasteiger partial charge in [-0.2, -0.15) is 0 Å². The van der Waals surface area contributed by atoms with Crippen LogP contribution in [0.3, 0.4) is 0 Å². The molecule has 0 saturated heterocycles. The van der Waals surface area contributed by atoms with Crippen molar-refractivity contribution in [2.75, 3.05) is 19.8 Å². The third-order valence-corrected chi connectivity index (χ3v) is 3.33. The zero-order chi connectivity index (χ0) is 18.1. The van der Waals surface area contributed by atoms with Gasteiger partial charge < -0.3 is 19.5 Å². The molecule has 6 nitrogen and oxygen atoms in total. The van der Waals surface area contributed by atoms with Crippen molar-refractivity contribution in [1.82, 2.24) is 10.3 Å². The van der Waals surface area contributed by atoms with E-state index in [2.05, 4.69) is 10.3 Å². The molecule has 0 spiro atoms. The Labute approximate surface area is 148 Å². The highest BCUT2D eigenvalue weighted by Gasteiger charge is 2.18. The average molecular weight is 344 g/mol. The van der Waals surface area contributed by atoms with Crippen LogP contribution in [0.1, 0.15) is 36.8 Å². The molecule has 1 heterocycles. The molecule has 134 valence electrons. The van der Waals surface area contributed by atoms with E-state index in [1.165, 1.54) is 0 Å². The van der Waals surface area contributed by atoms with Crippen LogP contribution in [-0.2, 0) is 6.54 Å². The molecule has 0 fully saturated rings. The summed E-state index contributed by atoms with van der Waals surface area (Å²) in [6, 6.07) is 8.91. The molecular weight excluding hydrogens is 320 g/mol. The van der Waals surface area contributed by atoms with E-state index in [9.17, 15) is 4.79 Å². The number of carbonyl (C=O) groups excluding carboxylic acids is 1. The van der Waals surface area contributed by atoms with Crippen molar-refractivity contribution in [3.63, 3.8) is 0 Å². The molecule has 0 aliphatic rings. The van der Waals surface area contributed by atoms with E-state index in [4.69, 9.17) is 14.2 Å². The first kappa shape index (κ1) is 18.6. The van der Waals surface area contributed by atoms with E-state index in [0.29, 0.717) is 49.2 Å². The highest BCUT2D eigenvalue weighted by Crippen LogP contribution is 2.39. The van der Waals surface area contributed by atoms with Gasteiger partial charge in [0.15, 0.2) is 11.5 Å². The van der Waals surface area contributed by atoms with Crippen LogP contribution in [0.4, 0.5) is 0 Å². The molecule has 0 aliphatic carbocycles. The fourth-order valence-electron chi connectivity index (χ4n) is 2.30. The Morgan fingerprint density at radius 2 is 1.64 bits per heavy atom. The maximum atomic E-state index is 12.5. The lowest BCUT2D eigenvalue weighted by atomic mass is 10.1. The number of pyridine rings is 1. The van der Waals surface area contributed by atoms with Crippen LogP contribution in [0.2, 0.25) is 0 Å². The number of hydrogen-bond donors (Lipinski definition) is 1. The van der Waals surface area contributed by atoms with Crippen molar-refractivity contribution in [1.29, 1.82) is 0 Å². The summed E-state index contributed by atoms with van der Waals surface area (Å²) >= 11 is 0. The highest BCUT2D eigenvalue weighted by atomic mass is 16.5. The summed E-state index contributed by atoms with van der Waals surface area (Å²) in [4.78, 5) is 16.7. The van der Waals surface area contributed by atoms with E-state index in [0.717, 1.165) is 5.69 Å². The van der Waals surface area contributed by atoms with Gasteiger partial charge in [-0.15, -0.1) is 0 Å². The van der Waals surface area contributed by atoms with Crippen LogP contribution in [0.15, 0.2) is 36.5 Å². The van der Waals surface area contributed by atoms with Crippen molar-refractivity contribution in [2.24, 2.45) is 0 Å². The normalized spacial score (nSPS) is 10.2. The number of hydrogen-bond acceptors (Lipinski definition) is 5. The molecular formula is C19H24N2O4. The molecule has 2 aromatic rings. The number of benzene rings is 1. The molecule has 0 bridgehead atoms. The smallest absolute Gasteiger partial charge is 0.251 e. The Kier molecular flexibility index (Phi) is 7.07. The van der Waals surface area contributed by atoms with Crippen molar-refractivity contribution < 1.29 is 19.0 Å². The average Bonchev–Trinajstić information content (AvgIpc) is 2.63. The van der Waals surface area contributed by atoms with Gasteiger partial charge in [0.2, 0.25) is 5.75 Å². The third kappa shape index (κ3) is 5.11. The van der Waals surface area contributed by atoms with E-state index < -0.39 is 0 Å². The van der Waals surface area contributed by atoms with Gasteiger partial charge in [0, 0.05) is 11.8 Å². The summed E-state index contributed by atoms with van der Waals surface area (Å²) in [5.41, 5.74) is 1.24. The largest absolute Gasteiger partial charge is 0.490 e. The van der Waals surface area contributed by atoms with E-state index in [1.807, 2.05) is 39.0 Å². The van der Waals surface area contributed by atoms with Gasteiger partial charge in [-0.25, -0.2) is 0 Å². The van der Waals surface area contributed by atoms with Crippen molar-refractivity contribution in [3.8, 4) is 17.2 Å². The van der Waals surface area contributed by atoms with E-state index in [-0.39, 0.29) is 5.91 Å². The maximum Gasteiger partial charge on any atom is 0.251 e. The summed E-state index contributed by atoms with van der Waals surface area (Å²) in [7, 11) is 0. The number of carbonyl (C=O) groups is 1. The second-order valence-corrected chi connectivity index (χ2v) is 5.10. The highest BCUT2D eigenvalue weighted by molar-refractivity contribution is 5.95. The molecule has 0 saturated carbocycles. The second kappa shape index (κ2) is 9.52. The Morgan fingerprint density at radius 3 is 2.16 bits per heavy atom. The summed E-state index contributed by atoms with van der Waals surface area (Å²) in [6.07, 6.45) is 1.69. The quantitative estimate of drug-likeness (QED) is 0.756. The summed E-state index contributed by atoms with van der Waals surface area (Å²) in [6.45, 7) is 7.40. The first-order valence-corrected chi connectivity index (χ1v) is 8.44. The number of nitrogens with zero attached hydrogens (tertiary/aromatic N) is 1. The van der Waals surface area contributed by atoms with Gasteiger partial charge in [-0.1, -0.05) is 6.07 Å². The minimum absolute atomic E-state index is 0.226. The van der Waals surface area contributed by atoms with Crippen LogP contribution < -0.4 is 19.5 Å². The SMILES string of the molecule is CCOc1cc(C(=O)NCc2ccccn2)cc(OCC)c1OCC. The molecule has 2 rings (SSSR count). The van der Waals surface area contributed by atoms with Gasteiger partial charge in [-0.05, 0) is 45.0 Å². The van der Waals surface area contributed by atoms with Crippen LogP contribution in [0, 0.1) is 0 Å². The Bertz CT molecular complexity index is 662. The summed E-state index contributed by atoms with van der Waals surface area (Å²) < 4.78 is 16.9. The predicted molar refractivity (Wildman–Crippen MR) is 95.4 cm³/mol. The Hall–Kier alpha value is -2.76.